The molecule has 102 valence electrons. The monoisotopic (exact) mass is 348 g/mol. The van der Waals surface area contributed by atoms with Crippen LogP contribution in [0.3, 0.4) is 0 Å². The highest BCUT2D eigenvalue weighted by molar-refractivity contribution is 9.11. The Morgan fingerprint density at radius 1 is 1.33 bits per heavy atom. The molecule has 0 amide bonds. The second-order valence-corrected chi connectivity index (χ2v) is 9.53. The van der Waals surface area contributed by atoms with Gasteiger partial charge in [0.05, 0.1) is 9.83 Å². The molecule has 0 aromatic carbocycles. The third kappa shape index (κ3) is 3.51. The van der Waals surface area contributed by atoms with Crippen molar-refractivity contribution in [3.05, 3.63) is 20.8 Å². The number of thiophene rings is 1. The van der Waals surface area contributed by atoms with Gasteiger partial charge in [-0.3, -0.25) is 4.90 Å². The summed E-state index contributed by atoms with van der Waals surface area (Å²) in [6.45, 7) is 9.02. The number of thioether (sulfide) groups is 1. The lowest BCUT2D eigenvalue weighted by Crippen LogP contribution is -2.47. The quantitative estimate of drug-likeness (QED) is 0.902. The number of hydrogen-bond donors (Lipinski definition) is 1. The molecule has 4 unspecified atom stereocenters. The highest BCUT2D eigenvalue weighted by atomic mass is 79.9. The van der Waals surface area contributed by atoms with Crippen LogP contribution in [0.5, 0.6) is 0 Å². The third-order valence-electron chi connectivity index (χ3n) is 3.22. The van der Waals surface area contributed by atoms with Gasteiger partial charge in [-0.15, -0.1) is 11.3 Å². The molecule has 2 heterocycles. The number of nitrogens with zero attached hydrogens (tertiary/aromatic N) is 1. The lowest BCUT2D eigenvalue weighted by molar-refractivity contribution is 0.177. The maximum atomic E-state index is 6.24. The van der Waals surface area contributed by atoms with Gasteiger partial charge >= 0.3 is 0 Å². The molecule has 0 spiro atoms. The topological polar surface area (TPSA) is 29.3 Å². The first-order valence-electron chi connectivity index (χ1n) is 6.37. The standard InChI is InChI=1S/C13H21BrN2S2/c1-8-6-16(7-9(2)17-8)13(10(3)15)11-4-5-12(14)18-11/h4-5,8-10,13H,6-7,15H2,1-3H3. The average molecular weight is 349 g/mol. The van der Waals surface area contributed by atoms with Crippen molar-refractivity contribution in [2.45, 2.75) is 43.4 Å². The minimum Gasteiger partial charge on any atom is -0.326 e. The zero-order valence-electron chi connectivity index (χ0n) is 11.1. The van der Waals surface area contributed by atoms with Crippen LogP contribution in [0.15, 0.2) is 15.9 Å². The summed E-state index contributed by atoms with van der Waals surface area (Å²) in [6, 6.07) is 4.85. The molecule has 2 nitrogen and oxygen atoms in total. The smallest absolute Gasteiger partial charge is 0.0702 e. The molecule has 5 heteroatoms. The van der Waals surface area contributed by atoms with E-state index < -0.39 is 0 Å². The highest BCUT2D eigenvalue weighted by Crippen LogP contribution is 2.36. The third-order valence-corrected chi connectivity index (χ3v) is 6.15. The molecule has 0 saturated carbocycles. The van der Waals surface area contributed by atoms with E-state index in [9.17, 15) is 0 Å². The Kier molecular flexibility index (Phi) is 5.17. The molecule has 1 fully saturated rings. The van der Waals surface area contributed by atoms with Gasteiger partial charge in [0.2, 0.25) is 0 Å². The Balaban J connectivity index is 2.19. The van der Waals surface area contributed by atoms with E-state index in [1.807, 2.05) is 11.3 Å². The van der Waals surface area contributed by atoms with E-state index >= 15 is 0 Å². The lowest BCUT2D eigenvalue weighted by atomic mass is 10.1. The molecular weight excluding hydrogens is 328 g/mol. The summed E-state index contributed by atoms with van der Waals surface area (Å²) in [7, 11) is 0. The first kappa shape index (κ1) is 14.9. The fourth-order valence-corrected chi connectivity index (χ4v) is 5.73. The van der Waals surface area contributed by atoms with Crippen LogP contribution in [0, 0.1) is 0 Å². The predicted octanol–water partition coefficient (Wildman–Crippen LogP) is 3.72. The van der Waals surface area contributed by atoms with Gasteiger partial charge in [0.1, 0.15) is 0 Å². The molecule has 2 N–H and O–H groups in total. The van der Waals surface area contributed by atoms with E-state index in [-0.39, 0.29) is 6.04 Å². The molecule has 4 atom stereocenters. The Bertz CT molecular complexity index is 384. The van der Waals surface area contributed by atoms with Crippen molar-refractivity contribution in [2.75, 3.05) is 13.1 Å². The van der Waals surface area contributed by atoms with Crippen molar-refractivity contribution in [1.29, 1.82) is 0 Å². The fourth-order valence-electron chi connectivity index (χ4n) is 2.70. The van der Waals surface area contributed by atoms with Crippen LogP contribution < -0.4 is 5.73 Å². The average Bonchev–Trinajstić information content (AvgIpc) is 2.62. The van der Waals surface area contributed by atoms with Crippen molar-refractivity contribution < 1.29 is 0 Å². The normalized spacial score (nSPS) is 29.2. The van der Waals surface area contributed by atoms with E-state index in [0.717, 1.165) is 13.1 Å². The van der Waals surface area contributed by atoms with Crippen LogP contribution >= 0.6 is 39.0 Å². The van der Waals surface area contributed by atoms with Crippen LogP contribution in [0.2, 0.25) is 0 Å². The summed E-state index contributed by atoms with van der Waals surface area (Å²) < 4.78 is 1.19. The van der Waals surface area contributed by atoms with Gasteiger partial charge in [0.25, 0.3) is 0 Å². The molecule has 0 radical (unpaired) electrons. The Morgan fingerprint density at radius 2 is 1.94 bits per heavy atom. The van der Waals surface area contributed by atoms with Crippen molar-refractivity contribution in [2.24, 2.45) is 5.73 Å². The molecule has 1 aromatic heterocycles. The minimum atomic E-state index is 0.165. The van der Waals surface area contributed by atoms with Gasteiger partial charge in [-0.2, -0.15) is 11.8 Å². The predicted molar refractivity (Wildman–Crippen MR) is 86.5 cm³/mol. The van der Waals surface area contributed by atoms with Gasteiger partial charge in [0.15, 0.2) is 0 Å². The summed E-state index contributed by atoms with van der Waals surface area (Å²) in [4.78, 5) is 3.94. The molecule has 1 saturated heterocycles. The molecule has 1 aliphatic rings. The highest BCUT2D eigenvalue weighted by Gasteiger charge is 2.31. The molecule has 18 heavy (non-hydrogen) atoms. The first-order valence-corrected chi connectivity index (χ1v) is 8.93. The van der Waals surface area contributed by atoms with Crippen molar-refractivity contribution in [3.8, 4) is 0 Å². The van der Waals surface area contributed by atoms with Crippen LogP contribution in [-0.2, 0) is 0 Å². The second kappa shape index (κ2) is 6.27. The Morgan fingerprint density at radius 3 is 2.39 bits per heavy atom. The van der Waals surface area contributed by atoms with Gasteiger partial charge in [-0.25, -0.2) is 0 Å². The fraction of sp³-hybridized carbons (Fsp3) is 0.692. The maximum absolute atomic E-state index is 6.24. The van der Waals surface area contributed by atoms with Crippen LogP contribution in [0.4, 0.5) is 0 Å². The Hall–Kier alpha value is 0.450. The maximum Gasteiger partial charge on any atom is 0.0702 e. The Labute approximate surface area is 126 Å². The van der Waals surface area contributed by atoms with Gasteiger partial charge in [-0.05, 0) is 35.0 Å². The van der Waals surface area contributed by atoms with Crippen molar-refractivity contribution in [3.63, 3.8) is 0 Å². The minimum absolute atomic E-state index is 0.165. The van der Waals surface area contributed by atoms with E-state index in [4.69, 9.17) is 5.73 Å². The molecule has 1 aliphatic heterocycles. The number of nitrogens with two attached hydrogens (primary N) is 1. The van der Waals surface area contributed by atoms with Crippen LogP contribution in [-0.4, -0.2) is 34.5 Å². The van der Waals surface area contributed by atoms with Gasteiger partial charge < -0.3 is 5.73 Å². The molecule has 1 aromatic rings. The zero-order chi connectivity index (χ0) is 13.3. The van der Waals surface area contributed by atoms with Crippen LogP contribution in [0.25, 0.3) is 0 Å². The number of halogens is 1. The number of rotatable bonds is 3. The van der Waals surface area contributed by atoms with Crippen LogP contribution in [0.1, 0.15) is 31.7 Å². The summed E-state index contributed by atoms with van der Waals surface area (Å²) >= 11 is 7.45. The summed E-state index contributed by atoms with van der Waals surface area (Å²) in [5.41, 5.74) is 6.24. The molecule has 0 aliphatic carbocycles. The molecular formula is C13H21BrN2S2. The van der Waals surface area contributed by atoms with Crippen molar-refractivity contribution >= 4 is 39.0 Å². The largest absolute Gasteiger partial charge is 0.326 e. The van der Waals surface area contributed by atoms with E-state index in [2.05, 4.69) is 65.5 Å². The zero-order valence-corrected chi connectivity index (χ0v) is 14.3. The van der Waals surface area contributed by atoms with E-state index in [1.54, 1.807) is 0 Å². The number of hydrogen-bond acceptors (Lipinski definition) is 4. The van der Waals surface area contributed by atoms with Gasteiger partial charge in [0, 0.05) is 34.5 Å². The van der Waals surface area contributed by atoms with E-state index in [1.165, 1.54) is 8.66 Å². The summed E-state index contributed by atoms with van der Waals surface area (Å²) in [5, 5.41) is 1.39. The molecule has 2 rings (SSSR count). The SMILES string of the molecule is CC1CN(C(c2ccc(Br)s2)C(C)N)CC(C)S1. The first-order chi connectivity index (χ1) is 8.47. The van der Waals surface area contributed by atoms with E-state index in [0.29, 0.717) is 16.5 Å². The lowest BCUT2D eigenvalue weighted by Gasteiger charge is -2.41. The van der Waals surface area contributed by atoms with Gasteiger partial charge in [-0.1, -0.05) is 13.8 Å². The van der Waals surface area contributed by atoms with Crippen molar-refractivity contribution in [1.82, 2.24) is 4.90 Å². The summed E-state index contributed by atoms with van der Waals surface area (Å²) in [6.07, 6.45) is 0. The second-order valence-electron chi connectivity index (χ2n) is 5.16. The summed E-state index contributed by atoms with van der Waals surface area (Å²) in [5.74, 6) is 0. The molecule has 0 bridgehead atoms.